The molecule has 1 aromatic heterocycles. The van der Waals surface area contributed by atoms with Gasteiger partial charge in [-0.25, -0.2) is 9.18 Å². The SMILES string of the molecule is C[C@@H](c1ccc(-c2ccccn2)cc1)N1CCC(CCC(N)=O)(c2ccc(F)cc2)OC1=O. The summed E-state index contributed by atoms with van der Waals surface area (Å²) in [6.45, 7) is 2.38. The van der Waals surface area contributed by atoms with E-state index in [0.717, 1.165) is 16.8 Å². The minimum atomic E-state index is -1.02. The number of carbonyl (C=O) groups excluding carboxylic acids is 2. The molecule has 2 N–H and O–H groups in total. The number of nitrogens with two attached hydrogens (primary N) is 1. The first-order valence-corrected chi connectivity index (χ1v) is 10.9. The van der Waals surface area contributed by atoms with Crippen LogP contribution in [0.3, 0.4) is 0 Å². The molecule has 0 aliphatic carbocycles. The molecule has 0 saturated carbocycles. The average molecular weight is 448 g/mol. The summed E-state index contributed by atoms with van der Waals surface area (Å²) in [6.07, 6.45) is 2.06. The van der Waals surface area contributed by atoms with E-state index < -0.39 is 17.6 Å². The third kappa shape index (κ3) is 4.87. The van der Waals surface area contributed by atoms with Gasteiger partial charge in [-0.3, -0.25) is 9.78 Å². The Bertz CT molecular complexity index is 1120. The first-order valence-electron chi connectivity index (χ1n) is 10.9. The lowest BCUT2D eigenvalue weighted by Crippen LogP contribution is -2.49. The smallest absolute Gasteiger partial charge is 0.411 e. The van der Waals surface area contributed by atoms with Crippen molar-refractivity contribution in [3.05, 3.63) is 89.9 Å². The van der Waals surface area contributed by atoms with Crippen LogP contribution in [-0.2, 0) is 15.1 Å². The number of halogens is 1. The van der Waals surface area contributed by atoms with Crippen molar-refractivity contribution in [1.29, 1.82) is 0 Å². The van der Waals surface area contributed by atoms with Gasteiger partial charge >= 0.3 is 6.09 Å². The summed E-state index contributed by atoms with van der Waals surface area (Å²) >= 11 is 0. The van der Waals surface area contributed by atoms with Crippen LogP contribution in [0.25, 0.3) is 11.3 Å². The van der Waals surface area contributed by atoms with Gasteiger partial charge in [0.2, 0.25) is 5.91 Å². The predicted molar refractivity (Wildman–Crippen MR) is 122 cm³/mol. The minimum Gasteiger partial charge on any atom is -0.438 e. The highest BCUT2D eigenvalue weighted by molar-refractivity contribution is 5.74. The molecule has 1 fully saturated rings. The van der Waals surface area contributed by atoms with Crippen molar-refractivity contribution in [2.75, 3.05) is 6.54 Å². The molecule has 2 atom stereocenters. The van der Waals surface area contributed by atoms with Gasteiger partial charge < -0.3 is 15.4 Å². The molecule has 1 unspecified atom stereocenters. The van der Waals surface area contributed by atoms with Crippen molar-refractivity contribution in [2.24, 2.45) is 5.73 Å². The van der Waals surface area contributed by atoms with Gasteiger partial charge in [0.1, 0.15) is 11.4 Å². The number of pyridine rings is 1. The monoisotopic (exact) mass is 447 g/mol. The Labute approximate surface area is 192 Å². The van der Waals surface area contributed by atoms with Gasteiger partial charge in [-0.15, -0.1) is 0 Å². The van der Waals surface area contributed by atoms with E-state index in [1.807, 2.05) is 49.4 Å². The van der Waals surface area contributed by atoms with E-state index in [1.54, 1.807) is 23.2 Å². The molecule has 4 rings (SSSR count). The second kappa shape index (κ2) is 9.40. The van der Waals surface area contributed by atoms with E-state index in [4.69, 9.17) is 10.5 Å². The summed E-state index contributed by atoms with van der Waals surface area (Å²) in [5, 5.41) is 0. The van der Waals surface area contributed by atoms with Crippen LogP contribution in [0.1, 0.15) is 43.4 Å². The molecule has 0 radical (unpaired) electrons. The molecule has 1 aliphatic rings. The maximum Gasteiger partial charge on any atom is 0.411 e. The molecule has 2 heterocycles. The number of aromatic nitrogens is 1. The lowest BCUT2D eigenvalue weighted by atomic mass is 9.84. The van der Waals surface area contributed by atoms with Gasteiger partial charge in [0, 0.05) is 37.6 Å². The van der Waals surface area contributed by atoms with E-state index in [-0.39, 0.29) is 24.7 Å². The third-order valence-electron chi connectivity index (χ3n) is 6.24. The van der Waals surface area contributed by atoms with Gasteiger partial charge in [0.15, 0.2) is 0 Å². The van der Waals surface area contributed by atoms with E-state index in [0.29, 0.717) is 18.5 Å². The second-order valence-electron chi connectivity index (χ2n) is 8.29. The molecular formula is C26H26FN3O3. The number of rotatable bonds is 7. The number of cyclic esters (lactones) is 1. The van der Waals surface area contributed by atoms with Gasteiger partial charge in [0.25, 0.3) is 0 Å². The fourth-order valence-corrected chi connectivity index (χ4v) is 4.27. The van der Waals surface area contributed by atoms with Gasteiger partial charge in [-0.2, -0.15) is 0 Å². The van der Waals surface area contributed by atoms with Crippen molar-refractivity contribution in [1.82, 2.24) is 9.88 Å². The summed E-state index contributed by atoms with van der Waals surface area (Å²) in [5.41, 5.74) is 7.85. The summed E-state index contributed by atoms with van der Waals surface area (Å²) in [6, 6.07) is 19.3. The highest BCUT2D eigenvalue weighted by Crippen LogP contribution is 2.40. The summed E-state index contributed by atoms with van der Waals surface area (Å²) in [5.74, 6) is -0.855. The second-order valence-corrected chi connectivity index (χ2v) is 8.29. The Kier molecular flexibility index (Phi) is 6.40. The Hall–Kier alpha value is -3.74. The highest BCUT2D eigenvalue weighted by Gasteiger charge is 2.43. The Morgan fingerprint density at radius 3 is 2.48 bits per heavy atom. The highest BCUT2D eigenvalue weighted by atomic mass is 19.1. The molecule has 7 heteroatoms. The standard InChI is InChI=1S/C26H26FN3O3/c1-18(19-5-7-20(8-6-19)23-4-2-3-16-29-23)30-17-15-26(33-25(30)32,14-13-24(28)31)21-9-11-22(27)12-10-21/h2-12,16,18H,13-15,17H2,1H3,(H2,28,31)/t18-,26?/m0/s1. The van der Waals surface area contributed by atoms with Gasteiger partial charge in [-0.05, 0) is 42.3 Å². The predicted octanol–water partition coefficient (Wildman–Crippen LogP) is 4.95. The molecule has 0 bridgehead atoms. The largest absolute Gasteiger partial charge is 0.438 e. The molecule has 170 valence electrons. The van der Waals surface area contributed by atoms with E-state index in [1.165, 1.54) is 12.1 Å². The van der Waals surface area contributed by atoms with Gasteiger partial charge in [0.05, 0.1) is 11.7 Å². The number of hydrogen-bond acceptors (Lipinski definition) is 4. The molecule has 0 spiro atoms. The Morgan fingerprint density at radius 2 is 1.88 bits per heavy atom. The van der Waals surface area contributed by atoms with E-state index in [2.05, 4.69) is 4.98 Å². The van der Waals surface area contributed by atoms with Crippen LogP contribution in [0.2, 0.25) is 0 Å². The maximum absolute atomic E-state index is 13.5. The molecule has 1 saturated heterocycles. The zero-order chi connectivity index (χ0) is 23.4. The fraction of sp³-hybridized carbons (Fsp3) is 0.269. The molecule has 3 aromatic rings. The quantitative estimate of drug-likeness (QED) is 0.555. The fourth-order valence-electron chi connectivity index (χ4n) is 4.27. The number of hydrogen-bond donors (Lipinski definition) is 1. The van der Waals surface area contributed by atoms with Crippen LogP contribution in [0, 0.1) is 5.82 Å². The van der Waals surface area contributed by atoms with Crippen LogP contribution < -0.4 is 5.73 Å². The van der Waals surface area contributed by atoms with Crippen LogP contribution in [-0.4, -0.2) is 28.4 Å². The molecule has 2 aromatic carbocycles. The normalized spacial score (nSPS) is 19.1. The lowest BCUT2D eigenvalue weighted by Gasteiger charge is -2.43. The lowest BCUT2D eigenvalue weighted by molar-refractivity contribution is -0.121. The Balaban J connectivity index is 1.52. The molecular weight excluding hydrogens is 421 g/mol. The molecule has 6 nitrogen and oxygen atoms in total. The van der Waals surface area contributed by atoms with Crippen molar-refractivity contribution in [3.63, 3.8) is 0 Å². The summed E-state index contributed by atoms with van der Waals surface area (Å²) in [4.78, 5) is 30.6. The number of primary amides is 1. The summed E-state index contributed by atoms with van der Waals surface area (Å²) < 4.78 is 19.4. The van der Waals surface area contributed by atoms with Gasteiger partial charge in [-0.1, -0.05) is 42.5 Å². The zero-order valence-electron chi connectivity index (χ0n) is 18.4. The maximum atomic E-state index is 13.5. The number of carbonyl (C=O) groups is 2. The van der Waals surface area contributed by atoms with Crippen LogP contribution in [0.15, 0.2) is 72.9 Å². The van der Waals surface area contributed by atoms with Crippen LogP contribution in [0.5, 0.6) is 0 Å². The number of ether oxygens (including phenoxy) is 1. The zero-order valence-corrected chi connectivity index (χ0v) is 18.4. The molecule has 33 heavy (non-hydrogen) atoms. The minimum absolute atomic E-state index is 0.0647. The first kappa shape index (κ1) is 22.5. The van der Waals surface area contributed by atoms with Crippen molar-refractivity contribution in [2.45, 2.75) is 37.8 Å². The topological polar surface area (TPSA) is 85.5 Å². The Morgan fingerprint density at radius 1 is 1.15 bits per heavy atom. The van der Waals surface area contributed by atoms with Crippen LogP contribution >= 0.6 is 0 Å². The van der Waals surface area contributed by atoms with E-state index >= 15 is 0 Å². The molecule has 1 aliphatic heterocycles. The van der Waals surface area contributed by atoms with Crippen molar-refractivity contribution in [3.8, 4) is 11.3 Å². The number of nitrogens with zero attached hydrogens (tertiary/aromatic N) is 2. The van der Waals surface area contributed by atoms with Crippen LogP contribution in [0.4, 0.5) is 9.18 Å². The number of amides is 2. The van der Waals surface area contributed by atoms with E-state index in [9.17, 15) is 14.0 Å². The molecule has 2 amide bonds. The van der Waals surface area contributed by atoms with Crippen molar-refractivity contribution >= 4 is 12.0 Å². The third-order valence-corrected chi connectivity index (χ3v) is 6.24. The number of benzene rings is 2. The first-order chi connectivity index (χ1) is 15.9. The average Bonchev–Trinajstić information content (AvgIpc) is 2.83. The summed E-state index contributed by atoms with van der Waals surface area (Å²) in [7, 11) is 0. The van der Waals surface area contributed by atoms with Crippen molar-refractivity contribution < 1.29 is 18.7 Å².